The molecule has 0 bridgehead atoms. The molecule has 6 nitrogen and oxygen atoms in total. The zero-order valence-electron chi connectivity index (χ0n) is 25.9. The fourth-order valence-electron chi connectivity index (χ4n) is 4.75. The van der Waals surface area contributed by atoms with Crippen molar-refractivity contribution in [3.8, 4) is 5.75 Å². The molecule has 0 aliphatic rings. The molecule has 1 aromatic carbocycles. The van der Waals surface area contributed by atoms with Gasteiger partial charge < -0.3 is 28.8 Å². The van der Waals surface area contributed by atoms with E-state index in [1.54, 1.807) is 0 Å². The standard InChI is InChI=1S/C34H62O6/c1-2-3-4-5-6-7-8-9-10-11-12-13-14-15-16-17-20-33-21-18-19-22-34(33)40-32-31-39-30-29-38-28-27-37-26-25-36-24-23-35/h18-19,21-22,35H,2-17,20,23-32H2,1H3. The molecule has 0 aliphatic heterocycles. The fraction of sp³-hybridized carbons (Fsp3) is 0.824. The Balaban J connectivity index is 1.90. The van der Waals surface area contributed by atoms with Crippen molar-refractivity contribution >= 4 is 0 Å². The molecular weight excluding hydrogens is 504 g/mol. The average Bonchev–Trinajstić information content (AvgIpc) is 2.97. The number of aliphatic hydroxyl groups is 1. The SMILES string of the molecule is CCCCCCCCCCCCCCCCCCc1ccccc1OCCOCCOCCOCCOCCO. The number of aryl methyl sites for hydroxylation is 1. The van der Waals surface area contributed by atoms with Gasteiger partial charge in [-0.1, -0.05) is 121 Å². The summed E-state index contributed by atoms with van der Waals surface area (Å²) in [5.41, 5.74) is 1.30. The van der Waals surface area contributed by atoms with E-state index in [1.807, 2.05) is 6.07 Å². The Morgan fingerprint density at radius 3 is 1.35 bits per heavy atom. The Kier molecular flexibility index (Phi) is 28.3. The first-order valence-corrected chi connectivity index (χ1v) is 16.5. The molecule has 0 aliphatic carbocycles. The Hall–Kier alpha value is -1.18. The molecule has 234 valence electrons. The van der Waals surface area contributed by atoms with E-state index in [1.165, 1.54) is 108 Å². The van der Waals surface area contributed by atoms with Crippen molar-refractivity contribution in [1.29, 1.82) is 0 Å². The van der Waals surface area contributed by atoms with E-state index in [0.29, 0.717) is 59.5 Å². The van der Waals surface area contributed by atoms with Gasteiger partial charge >= 0.3 is 0 Å². The van der Waals surface area contributed by atoms with Gasteiger partial charge in [0.15, 0.2) is 0 Å². The fourth-order valence-corrected chi connectivity index (χ4v) is 4.75. The van der Waals surface area contributed by atoms with Crippen LogP contribution in [0.25, 0.3) is 0 Å². The van der Waals surface area contributed by atoms with Gasteiger partial charge in [0.1, 0.15) is 12.4 Å². The minimum atomic E-state index is 0.0419. The van der Waals surface area contributed by atoms with E-state index in [-0.39, 0.29) is 6.61 Å². The molecule has 0 heterocycles. The molecule has 0 saturated heterocycles. The number of hydrogen-bond acceptors (Lipinski definition) is 6. The Morgan fingerprint density at radius 2 is 0.875 bits per heavy atom. The molecule has 0 radical (unpaired) electrons. The topological polar surface area (TPSA) is 66.4 Å². The summed E-state index contributed by atoms with van der Waals surface area (Å²) in [6.07, 6.45) is 23.5. The lowest BCUT2D eigenvalue weighted by Crippen LogP contribution is -2.14. The van der Waals surface area contributed by atoms with Crippen LogP contribution in [-0.2, 0) is 25.4 Å². The lowest BCUT2D eigenvalue weighted by Gasteiger charge is -2.12. The summed E-state index contributed by atoms with van der Waals surface area (Å²) in [5.74, 6) is 0.989. The highest BCUT2D eigenvalue weighted by atomic mass is 16.6. The van der Waals surface area contributed by atoms with Crippen LogP contribution in [0.4, 0.5) is 0 Å². The summed E-state index contributed by atoms with van der Waals surface area (Å²) >= 11 is 0. The van der Waals surface area contributed by atoms with Gasteiger partial charge in [-0.15, -0.1) is 0 Å². The van der Waals surface area contributed by atoms with Crippen LogP contribution in [0.2, 0.25) is 0 Å². The molecule has 0 aromatic heterocycles. The van der Waals surface area contributed by atoms with Gasteiger partial charge in [-0.3, -0.25) is 0 Å². The molecule has 1 N–H and O–H groups in total. The van der Waals surface area contributed by atoms with E-state index in [2.05, 4.69) is 25.1 Å². The molecule has 40 heavy (non-hydrogen) atoms. The van der Waals surface area contributed by atoms with Crippen LogP contribution < -0.4 is 4.74 Å². The van der Waals surface area contributed by atoms with E-state index in [0.717, 1.165) is 12.2 Å². The predicted octanol–water partition coefficient (Wildman–Crippen LogP) is 7.93. The summed E-state index contributed by atoms with van der Waals surface area (Å²) in [4.78, 5) is 0. The highest BCUT2D eigenvalue weighted by Crippen LogP contribution is 2.21. The first-order valence-electron chi connectivity index (χ1n) is 16.5. The largest absolute Gasteiger partial charge is 0.491 e. The van der Waals surface area contributed by atoms with Crippen LogP contribution in [0.15, 0.2) is 24.3 Å². The number of rotatable bonds is 32. The highest BCUT2D eigenvalue weighted by molar-refractivity contribution is 5.33. The molecule has 1 aromatic rings. The summed E-state index contributed by atoms with van der Waals surface area (Å²) in [6.45, 7) is 6.94. The van der Waals surface area contributed by atoms with Gasteiger partial charge in [0, 0.05) is 0 Å². The second kappa shape index (κ2) is 30.8. The zero-order valence-corrected chi connectivity index (χ0v) is 25.9. The monoisotopic (exact) mass is 566 g/mol. The Labute approximate surface area is 246 Å². The molecule has 0 amide bonds. The number of para-hydroxylation sites is 1. The molecule has 0 atom stereocenters. The Morgan fingerprint density at radius 1 is 0.475 bits per heavy atom. The second-order valence-corrected chi connectivity index (χ2v) is 10.7. The maximum atomic E-state index is 8.62. The molecular formula is C34H62O6. The van der Waals surface area contributed by atoms with Gasteiger partial charge in [-0.25, -0.2) is 0 Å². The minimum Gasteiger partial charge on any atom is -0.491 e. The summed E-state index contributed by atoms with van der Waals surface area (Å²) in [5, 5.41) is 8.62. The van der Waals surface area contributed by atoms with Crippen molar-refractivity contribution in [2.75, 3.05) is 66.1 Å². The number of hydrogen-bond donors (Lipinski definition) is 1. The molecule has 0 unspecified atom stereocenters. The maximum absolute atomic E-state index is 8.62. The summed E-state index contributed by atoms with van der Waals surface area (Å²) in [6, 6.07) is 8.41. The minimum absolute atomic E-state index is 0.0419. The number of unbranched alkanes of at least 4 members (excludes halogenated alkanes) is 15. The van der Waals surface area contributed by atoms with Crippen molar-refractivity contribution in [2.45, 2.75) is 116 Å². The first-order chi connectivity index (χ1) is 19.9. The first kappa shape index (κ1) is 36.8. The van der Waals surface area contributed by atoms with Crippen molar-refractivity contribution in [3.05, 3.63) is 29.8 Å². The van der Waals surface area contributed by atoms with Crippen LogP contribution in [0.5, 0.6) is 5.75 Å². The van der Waals surface area contributed by atoms with Crippen LogP contribution in [0.3, 0.4) is 0 Å². The molecule has 0 fully saturated rings. The van der Waals surface area contributed by atoms with E-state index in [4.69, 9.17) is 28.8 Å². The zero-order chi connectivity index (χ0) is 28.6. The lowest BCUT2D eigenvalue weighted by atomic mass is 10.0. The molecule has 6 heteroatoms. The second-order valence-electron chi connectivity index (χ2n) is 10.7. The van der Waals surface area contributed by atoms with Crippen molar-refractivity contribution in [3.63, 3.8) is 0 Å². The number of ether oxygens (including phenoxy) is 5. The number of benzene rings is 1. The van der Waals surface area contributed by atoms with Gasteiger partial charge in [-0.2, -0.15) is 0 Å². The highest BCUT2D eigenvalue weighted by Gasteiger charge is 2.03. The van der Waals surface area contributed by atoms with Crippen molar-refractivity contribution in [2.24, 2.45) is 0 Å². The predicted molar refractivity (Wildman–Crippen MR) is 166 cm³/mol. The van der Waals surface area contributed by atoms with Crippen LogP contribution in [0.1, 0.15) is 115 Å². The van der Waals surface area contributed by atoms with Gasteiger partial charge in [-0.05, 0) is 24.5 Å². The maximum Gasteiger partial charge on any atom is 0.122 e. The number of aliphatic hydroxyl groups excluding tert-OH is 1. The molecule has 0 saturated carbocycles. The van der Waals surface area contributed by atoms with Crippen LogP contribution >= 0.6 is 0 Å². The lowest BCUT2D eigenvalue weighted by molar-refractivity contribution is -0.00781. The third kappa shape index (κ3) is 24.6. The smallest absolute Gasteiger partial charge is 0.122 e. The average molecular weight is 567 g/mol. The third-order valence-electron chi connectivity index (χ3n) is 7.11. The quantitative estimate of drug-likeness (QED) is 0.0894. The van der Waals surface area contributed by atoms with Crippen LogP contribution in [-0.4, -0.2) is 71.2 Å². The van der Waals surface area contributed by atoms with Gasteiger partial charge in [0.05, 0.1) is 59.5 Å². The normalized spacial score (nSPS) is 11.3. The molecule has 0 spiro atoms. The Bertz CT molecular complexity index is 626. The molecule has 1 rings (SSSR count). The van der Waals surface area contributed by atoms with E-state index < -0.39 is 0 Å². The third-order valence-corrected chi connectivity index (χ3v) is 7.11. The van der Waals surface area contributed by atoms with E-state index >= 15 is 0 Å². The van der Waals surface area contributed by atoms with Gasteiger partial charge in [0.2, 0.25) is 0 Å². The van der Waals surface area contributed by atoms with Crippen LogP contribution in [0, 0.1) is 0 Å². The summed E-state index contributed by atoms with van der Waals surface area (Å²) < 4.78 is 27.6. The van der Waals surface area contributed by atoms with Crippen molar-refractivity contribution in [1.82, 2.24) is 0 Å². The van der Waals surface area contributed by atoms with E-state index in [9.17, 15) is 0 Å². The summed E-state index contributed by atoms with van der Waals surface area (Å²) in [7, 11) is 0. The van der Waals surface area contributed by atoms with Gasteiger partial charge in [0.25, 0.3) is 0 Å². The van der Waals surface area contributed by atoms with Crippen molar-refractivity contribution < 1.29 is 28.8 Å².